The Morgan fingerprint density at radius 3 is 2.69 bits per heavy atom. The molecule has 0 aliphatic carbocycles. The molecule has 0 saturated carbocycles. The Balaban J connectivity index is 1.92. The summed E-state index contributed by atoms with van der Waals surface area (Å²) in [4.78, 5) is 26.8. The van der Waals surface area contributed by atoms with E-state index in [0.717, 1.165) is 5.56 Å². The topological polar surface area (TPSA) is 100 Å². The number of aliphatic imine (C=N–C) groups is 1. The molecule has 134 valence electrons. The first-order valence-corrected chi connectivity index (χ1v) is 7.83. The van der Waals surface area contributed by atoms with Crippen molar-refractivity contribution in [2.24, 2.45) is 4.99 Å². The third-order valence-corrected chi connectivity index (χ3v) is 3.77. The van der Waals surface area contributed by atoms with E-state index in [1.807, 2.05) is 6.07 Å². The summed E-state index contributed by atoms with van der Waals surface area (Å²) in [6, 6.07) is 11.6. The molecular weight excluding hydrogens is 340 g/mol. The van der Waals surface area contributed by atoms with Crippen LogP contribution in [0.2, 0.25) is 0 Å². The summed E-state index contributed by atoms with van der Waals surface area (Å²) in [5, 5.41) is 11.4. The van der Waals surface area contributed by atoms with Crippen molar-refractivity contribution >= 4 is 23.6 Å². The lowest BCUT2D eigenvalue weighted by molar-refractivity contribution is -0.385. The Labute approximate surface area is 149 Å². The number of hydrogen-bond acceptors (Lipinski definition) is 7. The molecule has 0 radical (unpaired) electrons. The van der Waals surface area contributed by atoms with Crippen molar-refractivity contribution in [3.05, 3.63) is 69.3 Å². The zero-order valence-electron chi connectivity index (χ0n) is 14.0. The van der Waals surface area contributed by atoms with Crippen LogP contribution >= 0.6 is 0 Å². The monoisotopic (exact) mass is 356 g/mol. The predicted molar refractivity (Wildman–Crippen MR) is 92.8 cm³/mol. The molecule has 1 fully saturated rings. The number of esters is 1. The summed E-state index contributed by atoms with van der Waals surface area (Å²) in [7, 11) is 1.17. The highest BCUT2D eigenvalue weighted by atomic mass is 16.7. The normalized spacial score (nSPS) is 14.7. The van der Waals surface area contributed by atoms with Gasteiger partial charge in [0.05, 0.1) is 36.5 Å². The van der Waals surface area contributed by atoms with Gasteiger partial charge in [0.1, 0.15) is 5.56 Å². The molecule has 3 rings (SSSR count). The third kappa shape index (κ3) is 3.76. The van der Waals surface area contributed by atoms with Crippen LogP contribution in [0, 0.1) is 10.1 Å². The van der Waals surface area contributed by atoms with E-state index in [1.54, 1.807) is 18.2 Å². The van der Waals surface area contributed by atoms with Gasteiger partial charge < -0.3 is 14.2 Å². The minimum absolute atomic E-state index is 0.122. The van der Waals surface area contributed by atoms with Crippen LogP contribution in [0.1, 0.15) is 27.8 Å². The van der Waals surface area contributed by atoms with Crippen LogP contribution in [0.4, 0.5) is 11.4 Å². The molecule has 8 heteroatoms. The van der Waals surface area contributed by atoms with Gasteiger partial charge in [0.2, 0.25) is 0 Å². The lowest BCUT2D eigenvalue weighted by atomic mass is 10.1. The second kappa shape index (κ2) is 7.85. The summed E-state index contributed by atoms with van der Waals surface area (Å²) in [5.41, 5.74) is 1.13. The number of carbonyl (C=O) groups is 1. The van der Waals surface area contributed by atoms with Gasteiger partial charge >= 0.3 is 5.97 Å². The average molecular weight is 356 g/mol. The highest BCUT2D eigenvalue weighted by molar-refractivity contribution is 5.99. The lowest BCUT2D eigenvalue weighted by Gasteiger charge is -2.09. The molecule has 0 unspecified atom stereocenters. The lowest BCUT2D eigenvalue weighted by Crippen LogP contribution is -2.07. The van der Waals surface area contributed by atoms with E-state index in [1.165, 1.54) is 31.5 Å². The summed E-state index contributed by atoms with van der Waals surface area (Å²) in [5.74, 6) is -0.774. The van der Waals surface area contributed by atoms with Crippen LogP contribution < -0.4 is 0 Å². The fraction of sp³-hybridized carbons (Fsp3) is 0.222. The molecule has 1 aliphatic rings. The van der Waals surface area contributed by atoms with Gasteiger partial charge in [0.25, 0.3) is 5.69 Å². The van der Waals surface area contributed by atoms with Crippen molar-refractivity contribution in [2.75, 3.05) is 20.3 Å². The van der Waals surface area contributed by atoms with Crippen molar-refractivity contribution in [2.45, 2.75) is 6.29 Å². The molecule has 0 spiro atoms. The fourth-order valence-electron chi connectivity index (χ4n) is 2.59. The fourth-order valence-corrected chi connectivity index (χ4v) is 2.59. The largest absolute Gasteiger partial charge is 0.465 e. The van der Waals surface area contributed by atoms with Gasteiger partial charge in [0, 0.05) is 11.8 Å². The molecule has 8 nitrogen and oxygen atoms in total. The highest BCUT2D eigenvalue weighted by Gasteiger charge is 2.24. The Morgan fingerprint density at radius 2 is 2.00 bits per heavy atom. The Kier molecular flexibility index (Phi) is 5.35. The summed E-state index contributed by atoms with van der Waals surface area (Å²) in [6.07, 6.45) is 0.919. The number of nitro groups is 1. The molecule has 1 heterocycles. The quantitative estimate of drug-likeness (QED) is 0.353. The van der Waals surface area contributed by atoms with E-state index in [9.17, 15) is 14.9 Å². The zero-order valence-corrected chi connectivity index (χ0v) is 14.0. The van der Waals surface area contributed by atoms with Crippen LogP contribution in [0.5, 0.6) is 0 Å². The van der Waals surface area contributed by atoms with Gasteiger partial charge in [-0.15, -0.1) is 0 Å². The van der Waals surface area contributed by atoms with Crippen LogP contribution in [0.15, 0.2) is 47.5 Å². The molecule has 2 aromatic rings. The maximum atomic E-state index is 11.8. The van der Waals surface area contributed by atoms with E-state index in [0.29, 0.717) is 18.9 Å². The summed E-state index contributed by atoms with van der Waals surface area (Å²) in [6.45, 7) is 1.06. The number of nitro benzene ring substituents is 1. The van der Waals surface area contributed by atoms with Crippen molar-refractivity contribution in [3.63, 3.8) is 0 Å². The third-order valence-electron chi connectivity index (χ3n) is 3.77. The summed E-state index contributed by atoms with van der Waals surface area (Å²) < 4.78 is 15.5. The minimum atomic E-state index is -0.774. The molecule has 0 atom stereocenters. The molecule has 0 N–H and O–H groups in total. The maximum Gasteiger partial charge on any atom is 0.344 e. The number of para-hydroxylation sites is 1. The van der Waals surface area contributed by atoms with Crippen molar-refractivity contribution < 1.29 is 23.9 Å². The first-order chi connectivity index (χ1) is 12.6. The molecule has 1 saturated heterocycles. The Bertz CT molecular complexity index is 859. The number of rotatable bonds is 5. The van der Waals surface area contributed by atoms with Crippen LogP contribution in [0.25, 0.3) is 0 Å². The van der Waals surface area contributed by atoms with E-state index in [4.69, 9.17) is 9.47 Å². The van der Waals surface area contributed by atoms with Gasteiger partial charge in [-0.05, 0) is 24.3 Å². The van der Waals surface area contributed by atoms with E-state index < -0.39 is 17.2 Å². The van der Waals surface area contributed by atoms with Gasteiger partial charge in [-0.25, -0.2) is 4.79 Å². The van der Waals surface area contributed by atoms with Gasteiger partial charge in [-0.3, -0.25) is 15.1 Å². The van der Waals surface area contributed by atoms with Crippen molar-refractivity contribution in [3.8, 4) is 0 Å². The molecule has 0 amide bonds. The molecule has 26 heavy (non-hydrogen) atoms. The van der Waals surface area contributed by atoms with Gasteiger partial charge in [0.15, 0.2) is 6.29 Å². The molecule has 0 aromatic heterocycles. The molecular formula is C18H16N2O6. The molecule has 1 aliphatic heterocycles. The van der Waals surface area contributed by atoms with Gasteiger partial charge in [-0.1, -0.05) is 18.2 Å². The zero-order chi connectivity index (χ0) is 18.5. The van der Waals surface area contributed by atoms with E-state index in [2.05, 4.69) is 9.73 Å². The second-order valence-electron chi connectivity index (χ2n) is 5.42. The van der Waals surface area contributed by atoms with Crippen molar-refractivity contribution in [1.29, 1.82) is 0 Å². The van der Waals surface area contributed by atoms with Gasteiger partial charge in [-0.2, -0.15) is 0 Å². The average Bonchev–Trinajstić information content (AvgIpc) is 3.20. The highest BCUT2D eigenvalue weighted by Crippen LogP contribution is 2.27. The summed E-state index contributed by atoms with van der Waals surface area (Å²) >= 11 is 0. The number of carbonyl (C=O) groups excluding carboxylic acids is 1. The van der Waals surface area contributed by atoms with Crippen LogP contribution in [-0.2, 0) is 14.2 Å². The second-order valence-corrected chi connectivity index (χ2v) is 5.42. The first-order valence-electron chi connectivity index (χ1n) is 7.83. The minimum Gasteiger partial charge on any atom is -0.465 e. The molecule has 0 bridgehead atoms. The Morgan fingerprint density at radius 1 is 1.27 bits per heavy atom. The maximum absolute atomic E-state index is 11.8. The Hall–Kier alpha value is -3.10. The first kappa shape index (κ1) is 17.7. The van der Waals surface area contributed by atoms with E-state index in [-0.39, 0.29) is 16.8 Å². The number of nitrogens with zero attached hydrogens (tertiary/aromatic N) is 2. The standard InChI is InChI=1S/C18H16N2O6/c1-24-17(21)15-7-3-5-13(16(15)20(22)23)11-19-14-6-2-4-12(10-14)18-25-8-9-26-18/h2-7,10-11,18H,8-9H2,1H3/b19-11+. The number of benzene rings is 2. The smallest absolute Gasteiger partial charge is 0.344 e. The predicted octanol–water partition coefficient (Wildman–Crippen LogP) is 3.18. The van der Waals surface area contributed by atoms with Crippen LogP contribution in [0.3, 0.4) is 0 Å². The molecule has 2 aromatic carbocycles. The number of ether oxygens (including phenoxy) is 3. The number of methoxy groups -OCH3 is 1. The van der Waals surface area contributed by atoms with E-state index >= 15 is 0 Å². The number of hydrogen-bond donors (Lipinski definition) is 0. The van der Waals surface area contributed by atoms with Crippen LogP contribution in [-0.4, -0.2) is 37.4 Å². The SMILES string of the molecule is COC(=O)c1cccc(/C=N/c2cccc(C3OCCO3)c2)c1[N+](=O)[O-]. The van der Waals surface area contributed by atoms with Crippen molar-refractivity contribution in [1.82, 2.24) is 0 Å².